The first kappa shape index (κ1) is 15.7. The molecule has 0 heterocycles. The number of hydrogen-bond acceptors (Lipinski definition) is 3. The summed E-state index contributed by atoms with van der Waals surface area (Å²) in [6.45, 7) is -0.838. The minimum absolute atomic E-state index is 0.326. The van der Waals surface area contributed by atoms with Gasteiger partial charge in [0, 0.05) is 24.6 Å². The molecular formula is C12H15F4NO2. The topological polar surface area (TPSA) is 41.5 Å². The van der Waals surface area contributed by atoms with E-state index < -0.39 is 36.8 Å². The highest BCUT2D eigenvalue weighted by atomic mass is 19.3. The van der Waals surface area contributed by atoms with Gasteiger partial charge in [-0.2, -0.15) is 0 Å². The molecule has 0 spiro atoms. The molecule has 1 atom stereocenters. The van der Waals surface area contributed by atoms with Crippen molar-refractivity contribution in [3.05, 3.63) is 29.3 Å². The van der Waals surface area contributed by atoms with Crippen LogP contribution in [-0.2, 0) is 0 Å². The van der Waals surface area contributed by atoms with Gasteiger partial charge in [0.15, 0.2) is 6.61 Å². The molecule has 0 fully saturated rings. The standard InChI is InChI=1S/C12H15F4NO2/c1-12(15,16)6-19-7-3-8(13)11(9(14)4-7)10(5-18)17-2/h3-4,10,17-18H,5-6H2,1-2H3. The maximum atomic E-state index is 13.7. The molecule has 0 saturated heterocycles. The lowest BCUT2D eigenvalue weighted by Gasteiger charge is -2.17. The van der Waals surface area contributed by atoms with Crippen molar-refractivity contribution in [2.45, 2.75) is 18.9 Å². The highest BCUT2D eigenvalue weighted by Gasteiger charge is 2.24. The van der Waals surface area contributed by atoms with Crippen LogP contribution in [0.25, 0.3) is 0 Å². The summed E-state index contributed by atoms with van der Waals surface area (Å²) in [5.74, 6) is -5.36. The third-order valence-corrected chi connectivity index (χ3v) is 2.42. The quantitative estimate of drug-likeness (QED) is 0.786. The van der Waals surface area contributed by atoms with Crippen LogP contribution in [0.5, 0.6) is 5.75 Å². The van der Waals surface area contributed by atoms with E-state index in [4.69, 9.17) is 5.11 Å². The van der Waals surface area contributed by atoms with Crippen LogP contribution < -0.4 is 10.1 Å². The Hall–Kier alpha value is -1.34. The summed E-state index contributed by atoms with van der Waals surface area (Å²) in [5, 5.41) is 11.5. The van der Waals surface area contributed by atoms with Gasteiger partial charge >= 0.3 is 0 Å². The highest BCUT2D eigenvalue weighted by Crippen LogP contribution is 2.26. The first-order valence-electron chi connectivity index (χ1n) is 5.56. The molecule has 0 aromatic heterocycles. The number of aliphatic hydroxyl groups is 1. The average Bonchev–Trinajstić information content (AvgIpc) is 2.30. The van der Waals surface area contributed by atoms with Gasteiger partial charge < -0.3 is 15.2 Å². The van der Waals surface area contributed by atoms with Crippen LogP contribution in [0.15, 0.2) is 12.1 Å². The fourth-order valence-corrected chi connectivity index (χ4v) is 1.51. The summed E-state index contributed by atoms with van der Waals surface area (Å²) in [6.07, 6.45) is 0. The van der Waals surface area contributed by atoms with E-state index in [1.807, 2.05) is 0 Å². The summed E-state index contributed by atoms with van der Waals surface area (Å²) in [4.78, 5) is 0. The van der Waals surface area contributed by atoms with Gasteiger partial charge in [-0.15, -0.1) is 0 Å². The largest absolute Gasteiger partial charge is 0.487 e. The molecular weight excluding hydrogens is 266 g/mol. The molecule has 0 aliphatic carbocycles. The predicted octanol–water partition coefficient (Wildman–Crippen LogP) is 2.25. The Bertz CT molecular complexity index is 407. The van der Waals surface area contributed by atoms with Gasteiger partial charge in [0.2, 0.25) is 0 Å². The lowest BCUT2D eigenvalue weighted by atomic mass is 10.1. The Morgan fingerprint density at radius 3 is 2.21 bits per heavy atom. The number of rotatable bonds is 6. The molecule has 3 nitrogen and oxygen atoms in total. The third kappa shape index (κ3) is 4.36. The lowest BCUT2D eigenvalue weighted by molar-refractivity contribution is -0.0231. The molecule has 19 heavy (non-hydrogen) atoms. The van der Waals surface area contributed by atoms with Gasteiger partial charge in [0.1, 0.15) is 17.4 Å². The molecule has 1 aromatic carbocycles. The van der Waals surface area contributed by atoms with Gasteiger partial charge in [-0.3, -0.25) is 0 Å². The fraction of sp³-hybridized carbons (Fsp3) is 0.500. The van der Waals surface area contributed by atoms with Crippen LogP contribution in [0.3, 0.4) is 0 Å². The molecule has 1 unspecified atom stereocenters. The second-order valence-electron chi connectivity index (χ2n) is 4.18. The summed E-state index contributed by atoms with van der Waals surface area (Å²) >= 11 is 0. The van der Waals surface area contributed by atoms with Crippen molar-refractivity contribution in [3.8, 4) is 5.75 Å². The molecule has 2 N–H and O–H groups in total. The maximum absolute atomic E-state index is 13.7. The molecule has 0 aliphatic heterocycles. The van der Waals surface area contributed by atoms with Gasteiger partial charge in [0.25, 0.3) is 5.92 Å². The van der Waals surface area contributed by atoms with Crippen molar-refractivity contribution in [2.24, 2.45) is 0 Å². The first-order chi connectivity index (χ1) is 8.78. The molecule has 1 aromatic rings. The van der Waals surface area contributed by atoms with E-state index in [1.165, 1.54) is 7.05 Å². The van der Waals surface area contributed by atoms with Crippen LogP contribution in [0, 0.1) is 11.6 Å². The average molecular weight is 281 g/mol. The summed E-state index contributed by atoms with van der Waals surface area (Å²) in [7, 11) is 1.43. The molecule has 0 bridgehead atoms. The van der Waals surface area contributed by atoms with Crippen LogP contribution in [0.1, 0.15) is 18.5 Å². The Morgan fingerprint density at radius 2 is 1.84 bits per heavy atom. The maximum Gasteiger partial charge on any atom is 0.278 e. The fourth-order valence-electron chi connectivity index (χ4n) is 1.51. The molecule has 7 heteroatoms. The Balaban J connectivity index is 2.97. The van der Waals surface area contributed by atoms with E-state index in [0.29, 0.717) is 6.92 Å². The smallest absolute Gasteiger partial charge is 0.278 e. The monoisotopic (exact) mass is 281 g/mol. The Kier molecular flexibility index (Phi) is 5.13. The van der Waals surface area contributed by atoms with Crippen molar-refractivity contribution >= 4 is 0 Å². The number of halogens is 4. The van der Waals surface area contributed by atoms with Crippen molar-refractivity contribution in [1.29, 1.82) is 0 Å². The number of ether oxygens (including phenoxy) is 1. The zero-order valence-corrected chi connectivity index (χ0v) is 10.5. The van der Waals surface area contributed by atoms with E-state index in [-0.39, 0.29) is 11.3 Å². The summed E-state index contributed by atoms with van der Waals surface area (Å²) in [5.41, 5.74) is -0.361. The van der Waals surface area contributed by atoms with Crippen LogP contribution in [0.4, 0.5) is 17.6 Å². The molecule has 0 aliphatic rings. The third-order valence-electron chi connectivity index (χ3n) is 2.42. The van der Waals surface area contributed by atoms with Gasteiger partial charge in [-0.05, 0) is 7.05 Å². The number of likely N-dealkylation sites (N-methyl/N-ethyl adjacent to an activating group) is 1. The van der Waals surface area contributed by atoms with E-state index in [1.54, 1.807) is 0 Å². The number of benzene rings is 1. The lowest BCUT2D eigenvalue weighted by Crippen LogP contribution is -2.23. The van der Waals surface area contributed by atoms with E-state index in [9.17, 15) is 17.6 Å². The van der Waals surface area contributed by atoms with E-state index in [0.717, 1.165) is 12.1 Å². The number of hydrogen-bond donors (Lipinski definition) is 2. The van der Waals surface area contributed by atoms with Crippen molar-refractivity contribution in [3.63, 3.8) is 0 Å². The highest BCUT2D eigenvalue weighted by molar-refractivity contribution is 5.32. The number of aliphatic hydroxyl groups excluding tert-OH is 1. The summed E-state index contributed by atoms with van der Waals surface area (Å²) < 4.78 is 57.2. The second-order valence-corrected chi connectivity index (χ2v) is 4.18. The van der Waals surface area contributed by atoms with Crippen LogP contribution >= 0.6 is 0 Å². The predicted molar refractivity (Wildman–Crippen MR) is 61.4 cm³/mol. The van der Waals surface area contributed by atoms with Crippen molar-refractivity contribution < 1.29 is 27.4 Å². The number of alkyl halides is 2. The zero-order valence-electron chi connectivity index (χ0n) is 10.5. The summed E-state index contributed by atoms with van der Waals surface area (Å²) in [6, 6.07) is 0.704. The minimum Gasteiger partial charge on any atom is -0.487 e. The zero-order chi connectivity index (χ0) is 14.6. The minimum atomic E-state index is -3.09. The first-order valence-corrected chi connectivity index (χ1v) is 5.56. The molecule has 108 valence electrons. The normalized spacial score (nSPS) is 13.4. The van der Waals surface area contributed by atoms with E-state index >= 15 is 0 Å². The van der Waals surface area contributed by atoms with Gasteiger partial charge in [-0.25, -0.2) is 17.6 Å². The molecule has 0 saturated carbocycles. The second kappa shape index (κ2) is 6.21. The van der Waals surface area contributed by atoms with E-state index in [2.05, 4.69) is 10.1 Å². The van der Waals surface area contributed by atoms with Gasteiger partial charge in [0.05, 0.1) is 12.6 Å². The molecule has 0 amide bonds. The Morgan fingerprint density at radius 1 is 1.32 bits per heavy atom. The van der Waals surface area contributed by atoms with Gasteiger partial charge in [-0.1, -0.05) is 0 Å². The Labute approximate surface area is 108 Å². The molecule has 0 radical (unpaired) electrons. The van der Waals surface area contributed by atoms with Crippen molar-refractivity contribution in [1.82, 2.24) is 5.32 Å². The van der Waals surface area contributed by atoms with Crippen LogP contribution in [0.2, 0.25) is 0 Å². The molecule has 1 rings (SSSR count). The SMILES string of the molecule is CNC(CO)c1c(F)cc(OCC(C)(F)F)cc1F. The number of nitrogens with one attached hydrogen (secondary N) is 1. The van der Waals surface area contributed by atoms with Crippen LogP contribution in [-0.4, -0.2) is 31.3 Å². The van der Waals surface area contributed by atoms with Crippen molar-refractivity contribution in [2.75, 3.05) is 20.3 Å².